The van der Waals surface area contributed by atoms with Crippen molar-refractivity contribution in [1.29, 1.82) is 0 Å². The Morgan fingerprint density at radius 2 is 1.43 bits per heavy atom. The summed E-state index contributed by atoms with van der Waals surface area (Å²) in [6.07, 6.45) is 0. The highest BCUT2D eigenvalue weighted by molar-refractivity contribution is 6.39. The number of anilines is 1. The van der Waals surface area contributed by atoms with Gasteiger partial charge in [-0.15, -0.1) is 0 Å². The molecule has 0 aromatic heterocycles. The van der Waals surface area contributed by atoms with Crippen molar-refractivity contribution in [3.8, 4) is 16.9 Å². The zero-order valence-electron chi connectivity index (χ0n) is 15.0. The van der Waals surface area contributed by atoms with Gasteiger partial charge in [0.15, 0.2) is 0 Å². The van der Waals surface area contributed by atoms with Crippen LogP contribution < -0.4 is 15.4 Å². The summed E-state index contributed by atoms with van der Waals surface area (Å²) in [5.41, 5.74) is 2.14. The number of carbonyl (C=O) groups is 2. The number of nitrogens with one attached hydrogen (secondary N) is 2. The quantitative estimate of drug-likeness (QED) is 0.508. The molecule has 0 spiro atoms. The van der Waals surface area contributed by atoms with Gasteiger partial charge in [-0.05, 0) is 35.4 Å². The Morgan fingerprint density at radius 3 is 2.14 bits per heavy atom. The second-order valence-electron chi connectivity index (χ2n) is 5.93. The lowest BCUT2D eigenvalue weighted by Crippen LogP contribution is -2.37. The van der Waals surface area contributed by atoms with E-state index in [2.05, 4.69) is 10.6 Å². The first kappa shape index (κ1) is 19.1. The topological polar surface area (TPSA) is 67.4 Å². The number of hydrogen-bond donors (Lipinski definition) is 2. The van der Waals surface area contributed by atoms with Crippen molar-refractivity contribution in [2.45, 2.75) is 0 Å². The molecule has 142 valence electrons. The molecule has 28 heavy (non-hydrogen) atoms. The summed E-state index contributed by atoms with van der Waals surface area (Å²) in [5.74, 6) is -1.74. The Labute approximate surface area is 162 Å². The van der Waals surface area contributed by atoms with E-state index in [9.17, 15) is 14.0 Å². The van der Waals surface area contributed by atoms with Crippen molar-refractivity contribution in [2.75, 3.05) is 18.5 Å². The summed E-state index contributed by atoms with van der Waals surface area (Å²) >= 11 is 0. The lowest BCUT2D eigenvalue weighted by molar-refractivity contribution is -0.136. The van der Waals surface area contributed by atoms with Gasteiger partial charge < -0.3 is 15.4 Å². The SMILES string of the molecule is O=C(NCCOc1ccc(-c2ccccc2)cc1)C(=O)Nc1ccccc1F. The summed E-state index contributed by atoms with van der Waals surface area (Å²) < 4.78 is 19.0. The molecule has 0 bridgehead atoms. The van der Waals surface area contributed by atoms with Crippen LogP contribution in [0.1, 0.15) is 0 Å². The molecule has 5 nitrogen and oxygen atoms in total. The maximum atomic E-state index is 13.5. The molecule has 0 unspecified atom stereocenters. The predicted octanol–water partition coefficient (Wildman–Crippen LogP) is 3.63. The maximum Gasteiger partial charge on any atom is 0.313 e. The van der Waals surface area contributed by atoms with Gasteiger partial charge in [0.1, 0.15) is 18.2 Å². The summed E-state index contributed by atoms with van der Waals surface area (Å²) in [5, 5.41) is 4.65. The molecule has 3 aromatic rings. The van der Waals surface area contributed by atoms with E-state index in [4.69, 9.17) is 4.74 Å². The second kappa shape index (κ2) is 9.32. The highest BCUT2D eigenvalue weighted by Crippen LogP contribution is 2.21. The average Bonchev–Trinajstić information content (AvgIpc) is 2.73. The molecule has 0 atom stereocenters. The van der Waals surface area contributed by atoms with Crippen LogP contribution in [0.5, 0.6) is 5.75 Å². The monoisotopic (exact) mass is 378 g/mol. The molecule has 3 rings (SSSR count). The molecule has 2 N–H and O–H groups in total. The van der Waals surface area contributed by atoms with Crippen LogP contribution in [-0.4, -0.2) is 25.0 Å². The molecule has 0 fully saturated rings. The lowest BCUT2D eigenvalue weighted by atomic mass is 10.1. The van der Waals surface area contributed by atoms with E-state index >= 15 is 0 Å². The van der Waals surface area contributed by atoms with E-state index in [0.29, 0.717) is 5.75 Å². The van der Waals surface area contributed by atoms with Crippen LogP contribution in [0.3, 0.4) is 0 Å². The zero-order chi connectivity index (χ0) is 19.8. The van der Waals surface area contributed by atoms with Crippen molar-refractivity contribution in [3.05, 3.63) is 84.7 Å². The zero-order valence-corrected chi connectivity index (χ0v) is 15.0. The number of carbonyl (C=O) groups excluding carboxylic acids is 2. The van der Waals surface area contributed by atoms with Gasteiger partial charge in [0.25, 0.3) is 0 Å². The van der Waals surface area contributed by atoms with Gasteiger partial charge in [-0.25, -0.2) is 4.39 Å². The second-order valence-corrected chi connectivity index (χ2v) is 5.93. The number of amides is 2. The van der Waals surface area contributed by atoms with Crippen molar-refractivity contribution in [1.82, 2.24) is 5.32 Å². The number of benzene rings is 3. The van der Waals surface area contributed by atoms with Crippen molar-refractivity contribution >= 4 is 17.5 Å². The normalized spacial score (nSPS) is 10.2. The first-order valence-electron chi connectivity index (χ1n) is 8.75. The predicted molar refractivity (Wildman–Crippen MR) is 105 cm³/mol. The number of halogens is 1. The fraction of sp³-hybridized carbons (Fsp3) is 0.0909. The van der Waals surface area contributed by atoms with E-state index < -0.39 is 17.6 Å². The molecule has 0 heterocycles. The molecular formula is C22H19FN2O3. The van der Waals surface area contributed by atoms with Gasteiger partial charge in [0.2, 0.25) is 0 Å². The number of ether oxygens (including phenoxy) is 1. The number of rotatable bonds is 6. The largest absolute Gasteiger partial charge is 0.492 e. The van der Waals surface area contributed by atoms with Crippen LogP contribution in [0, 0.1) is 5.82 Å². The number of para-hydroxylation sites is 1. The van der Waals surface area contributed by atoms with Gasteiger partial charge in [-0.1, -0.05) is 54.6 Å². The third-order valence-corrected chi connectivity index (χ3v) is 3.95. The lowest BCUT2D eigenvalue weighted by Gasteiger charge is -2.09. The van der Waals surface area contributed by atoms with Crippen molar-refractivity contribution in [3.63, 3.8) is 0 Å². The fourth-order valence-electron chi connectivity index (χ4n) is 2.53. The average molecular weight is 378 g/mol. The van der Waals surface area contributed by atoms with Crippen LogP contribution in [0.4, 0.5) is 10.1 Å². The summed E-state index contributed by atoms with van der Waals surface area (Å²) in [7, 11) is 0. The Morgan fingerprint density at radius 1 is 0.786 bits per heavy atom. The molecule has 0 saturated heterocycles. The molecule has 0 aliphatic heterocycles. The van der Waals surface area contributed by atoms with Crippen molar-refractivity contribution in [2.24, 2.45) is 0 Å². The van der Waals surface area contributed by atoms with Gasteiger partial charge in [0, 0.05) is 0 Å². The first-order chi connectivity index (χ1) is 13.6. The molecule has 6 heteroatoms. The minimum atomic E-state index is -0.933. The Hall–Kier alpha value is -3.67. The summed E-state index contributed by atoms with van der Waals surface area (Å²) in [6.45, 7) is 0.341. The maximum absolute atomic E-state index is 13.5. The Bertz CT molecular complexity index is 944. The third-order valence-electron chi connectivity index (χ3n) is 3.95. The van der Waals surface area contributed by atoms with Crippen molar-refractivity contribution < 1.29 is 18.7 Å². The third kappa shape index (κ3) is 5.17. The fourth-order valence-corrected chi connectivity index (χ4v) is 2.53. The molecule has 2 amide bonds. The van der Waals surface area contributed by atoms with Crippen LogP contribution >= 0.6 is 0 Å². The van der Waals surface area contributed by atoms with E-state index in [1.165, 1.54) is 18.2 Å². The standard InChI is InChI=1S/C22H19FN2O3/c23-19-8-4-5-9-20(19)25-22(27)21(26)24-14-15-28-18-12-10-17(11-13-18)16-6-2-1-3-7-16/h1-13H,14-15H2,(H,24,26)(H,25,27). The van der Waals surface area contributed by atoms with Gasteiger partial charge in [-0.3, -0.25) is 9.59 Å². The Kier molecular flexibility index (Phi) is 6.36. The minimum Gasteiger partial charge on any atom is -0.492 e. The van der Waals surface area contributed by atoms with E-state index in [1.807, 2.05) is 54.6 Å². The van der Waals surface area contributed by atoms with E-state index in [0.717, 1.165) is 11.1 Å². The highest BCUT2D eigenvalue weighted by Gasteiger charge is 2.14. The van der Waals surface area contributed by atoms with Crippen LogP contribution in [0.15, 0.2) is 78.9 Å². The molecule has 0 saturated carbocycles. The smallest absolute Gasteiger partial charge is 0.313 e. The van der Waals surface area contributed by atoms with E-state index in [1.54, 1.807) is 6.07 Å². The van der Waals surface area contributed by atoms with Crippen LogP contribution in [0.2, 0.25) is 0 Å². The minimum absolute atomic E-state index is 0.0441. The summed E-state index contributed by atoms with van der Waals surface area (Å²) in [6, 6.07) is 23.2. The molecule has 0 aliphatic rings. The van der Waals surface area contributed by atoms with Gasteiger partial charge >= 0.3 is 11.8 Å². The number of hydrogen-bond acceptors (Lipinski definition) is 3. The molecule has 0 aliphatic carbocycles. The summed E-state index contributed by atoms with van der Waals surface area (Å²) in [4.78, 5) is 23.5. The molecule has 3 aromatic carbocycles. The molecule has 0 radical (unpaired) electrons. The van der Waals surface area contributed by atoms with Crippen LogP contribution in [0.25, 0.3) is 11.1 Å². The van der Waals surface area contributed by atoms with Crippen LogP contribution in [-0.2, 0) is 9.59 Å². The van der Waals surface area contributed by atoms with Gasteiger partial charge in [-0.2, -0.15) is 0 Å². The van der Waals surface area contributed by atoms with E-state index in [-0.39, 0.29) is 18.8 Å². The molecular weight excluding hydrogens is 359 g/mol. The van der Waals surface area contributed by atoms with Gasteiger partial charge in [0.05, 0.1) is 12.2 Å². The highest BCUT2D eigenvalue weighted by atomic mass is 19.1. The first-order valence-corrected chi connectivity index (χ1v) is 8.75. The Balaban J connectivity index is 1.42.